The Labute approximate surface area is 125 Å². The van der Waals surface area contributed by atoms with E-state index in [1.807, 2.05) is 13.0 Å². The lowest BCUT2D eigenvalue weighted by atomic mass is 10.1. The number of hydrogen-bond acceptors (Lipinski definition) is 3. The van der Waals surface area contributed by atoms with E-state index in [0.717, 1.165) is 10.4 Å². The highest BCUT2D eigenvalue weighted by Crippen LogP contribution is 2.22. The molecule has 0 unspecified atom stereocenters. The van der Waals surface area contributed by atoms with Gasteiger partial charge in [-0.3, -0.25) is 4.79 Å². The van der Waals surface area contributed by atoms with Crippen molar-refractivity contribution in [2.24, 2.45) is 0 Å². The van der Waals surface area contributed by atoms with Crippen LogP contribution in [0.3, 0.4) is 0 Å². The van der Waals surface area contributed by atoms with E-state index in [9.17, 15) is 4.79 Å². The minimum absolute atomic E-state index is 0.0691. The molecule has 3 nitrogen and oxygen atoms in total. The number of nitrogens with one attached hydrogen (secondary N) is 1. The van der Waals surface area contributed by atoms with Gasteiger partial charge in [0.25, 0.3) is 0 Å². The van der Waals surface area contributed by atoms with Crippen LogP contribution in [0, 0.1) is 6.92 Å². The fraction of sp³-hybridized carbons (Fsp3) is 0.231. The van der Waals surface area contributed by atoms with Crippen molar-refractivity contribution in [2.75, 3.05) is 5.32 Å². The van der Waals surface area contributed by atoms with Crippen molar-refractivity contribution >= 4 is 45.6 Å². The maximum absolute atomic E-state index is 11.8. The van der Waals surface area contributed by atoms with E-state index in [1.165, 1.54) is 11.3 Å². The molecule has 1 N–H and O–H groups in total. The molecule has 19 heavy (non-hydrogen) atoms. The summed E-state index contributed by atoms with van der Waals surface area (Å²) >= 11 is 13.3. The molecule has 1 aromatic heterocycles. The summed E-state index contributed by atoms with van der Waals surface area (Å²) in [5, 5.41) is 4.57. The van der Waals surface area contributed by atoms with Crippen LogP contribution >= 0.6 is 34.5 Å². The zero-order chi connectivity index (χ0) is 13.8. The lowest BCUT2D eigenvalue weighted by Crippen LogP contribution is -2.12. The van der Waals surface area contributed by atoms with Gasteiger partial charge in [-0.2, -0.15) is 0 Å². The van der Waals surface area contributed by atoms with Gasteiger partial charge in [0.05, 0.1) is 0 Å². The largest absolute Gasteiger partial charge is 0.302 e. The monoisotopic (exact) mass is 314 g/mol. The molecule has 100 valence electrons. The van der Waals surface area contributed by atoms with E-state index in [4.69, 9.17) is 23.2 Å². The quantitative estimate of drug-likeness (QED) is 0.912. The Morgan fingerprint density at radius 2 is 2.21 bits per heavy atom. The second-order valence-corrected chi connectivity index (χ2v) is 6.14. The van der Waals surface area contributed by atoms with Crippen LogP contribution in [-0.4, -0.2) is 10.9 Å². The van der Waals surface area contributed by atoms with E-state index in [-0.39, 0.29) is 5.91 Å². The molecule has 0 saturated carbocycles. The summed E-state index contributed by atoms with van der Waals surface area (Å²) in [5.41, 5.74) is 0.913. The van der Waals surface area contributed by atoms with Crippen LogP contribution in [0.5, 0.6) is 0 Å². The second-order valence-electron chi connectivity index (χ2n) is 4.06. The Bertz CT molecular complexity index is 598. The molecule has 0 aliphatic heterocycles. The Kier molecular flexibility index (Phi) is 4.80. The maximum atomic E-state index is 11.8. The summed E-state index contributed by atoms with van der Waals surface area (Å²) in [5.74, 6) is -0.0691. The maximum Gasteiger partial charge on any atom is 0.226 e. The summed E-state index contributed by atoms with van der Waals surface area (Å²) in [6.07, 6.45) is 2.67. The van der Waals surface area contributed by atoms with Gasteiger partial charge in [0.15, 0.2) is 5.13 Å². The molecular weight excluding hydrogens is 303 g/mol. The minimum atomic E-state index is -0.0691. The van der Waals surface area contributed by atoms with Crippen LogP contribution < -0.4 is 5.32 Å². The molecule has 0 bridgehead atoms. The first-order chi connectivity index (χ1) is 9.04. The molecular formula is C13H12Cl2N2OS. The number of anilines is 1. The summed E-state index contributed by atoms with van der Waals surface area (Å²) in [7, 11) is 0. The zero-order valence-corrected chi connectivity index (χ0v) is 12.6. The number of thiazole rings is 1. The predicted molar refractivity (Wildman–Crippen MR) is 80.3 cm³/mol. The zero-order valence-electron chi connectivity index (χ0n) is 10.2. The molecule has 6 heteroatoms. The minimum Gasteiger partial charge on any atom is -0.302 e. The second kappa shape index (κ2) is 6.37. The van der Waals surface area contributed by atoms with Crippen LogP contribution in [-0.2, 0) is 11.2 Å². The van der Waals surface area contributed by atoms with Crippen molar-refractivity contribution in [1.82, 2.24) is 4.98 Å². The molecule has 2 rings (SSSR count). The van der Waals surface area contributed by atoms with E-state index in [1.54, 1.807) is 18.3 Å². The molecule has 1 aromatic carbocycles. The Morgan fingerprint density at radius 1 is 1.42 bits per heavy atom. The van der Waals surface area contributed by atoms with E-state index >= 15 is 0 Å². The third kappa shape index (κ3) is 4.20. The highest BCUT2D eigenvalue weighted by Gasteiger charge is 2.08. The van der Waals surface area contributed by atoms with Crippen LogP contribution in [0.4, 0.5) is 5.13 Å². The van der Waals surface area contributed by atoms with E-state index in [2.05, 4.69) is 10.3 Å². The molecule has 1 amide bonds. The molecule has 0 radical (unpaired) electrons. The average molecular weight is 315 g/mol. The summed E-state index contributed by atoms with van der Waals surface area (Å²) in [6, 6.07) is 5.29. The molecule has 0 spiro atoms. The van der Waals surface area contributed by atoms with Gasteiger partial charge in [-0.15, -0.1) is 11.3 Å². The third-order valence-electron chi connectivity index (χ3n) is 2.50. The number of aromatic nitrogens is 1. The first-order valence-corrected chi connectivity index (χ1v) is 7.28. The van der Waals surface area contributed by atoms with E-state index in [0.29, 0.717) is 28.0 Å². The van der Waals surface area contributed by atoms with Crippen molar-refractivity contribution in [3.63, 3.8) is 0 Å². The van der Waals surface area contributed by atoms with Crippen LogP contribution in [0.2, 0.25) is 10.0 Å². The fourth-order valence-electron chi connectivity index (χ4n) is 1.57. The lowest BCUT2D eigenvalue weighted by molar-refractivity contribution is -0.116. The molecule has 0 saturated heterocycles. The smallest absolute Gasteiger partial charge is 0.226 e. The molecule has 0 fully saturated rings. The van der Waals surface area contributed by atoms with Gasteiger partial charge in [-0.1, -0.05) is 29.3 Å². The van der Waals surface area contributed by atoms with Gasteiger partial charge in [0.1, 0.15) is 0 Å². The van der Waals surface area contributed by atoms with Crippen molar-refractivity contribution in [3.8, 4) is 0 Å². The molecule has 1 heterocycles. The summed E-state index contributed by atoms with van der Waals surface area (Å²) in [6.45, 7) is 1.95. The van der Waals surface area contributed by atoms with Gasteiger partial charge in [0, 0.05) is 27.5 Å². The number of amides is 1. The van der Waals surface area contributed by atoms with Gasteiger partial charge in [-0.05, 0) is 31.0 Å². The number of halogens is 2. The number of nitrogens with zero attached hydrogens (tertiary/aromatic N) is 1. The highest BCUT2D eigenvalue weighted by molar-refractivity contribution is 7.15. The Balaban J connectivity index is 1.89. The number of hydrogen-bond donors (Lipinski definition) is 1. The summed E-state index contributed by atoms with van der Waals surface area (Å²) < 4.78 is 0. The SMILES string of the molecule is Cc1cnc(NC(=O)CCc2ccc(Cl)cc2Cl)s1. The normalized spacial score (nSPS) is 10.5. The third-order valence-corrected chi connectivity index (χ3v) is 3.92. The first-order valence-electron chi connectivity index (χ1n) is 5.71. The molecule has 0 aliphatic carbocycles. The fourth-order valence-corrected chi connectivity index (χ4v) is 2.75. The number of carbonyl (C=O) groups excluding carboxylic acids is 1. The van der Waals surface area contributed by atoms with Crippen molar-refractivity contribution in [3.05, 3.63) is 44.9 Å². The standard InChI is InChI=1S/C13H12Cl2N2OS/c1-8-7-16-13(19-8)17-12(18)5-3-9-2-4-10(14)6-11(9)15/h2,4,6-7H,3,5H2,1H3,(H,16,17,18). The van der Waals surface area contributed by atoms with Gasteiger partial charge >= 0.3 is 0 Å². The van der Waals surface area contributed by atoms with Crippen molar-refractivity contribution < 1.29 is 4.79 Å². The number of aryl methyl sites for hydroxylation is 2. The highest BCUT2D eigenvalue weighted by atomic mass is 35.5. The van der Waals surface area contributed by atoms with Crippen LogP contribution in [0.15, 0.2) is 24.4 Å². The number of benzene rings is 1. The average Bonchev–Trinajstić information content (AvgIpc) is 2.73. The van der Waals surface area contributed by atoms with Crippen molar-refractivity contribution in [2.45, 2.75) is 19.8 Å². The van der Waals surface area contributed by atoms with Crippen molar-refractivity contribution in [1.29, 1.82) is 0 Å². The number of rotatable bonds is 4. The van der Waals surface area contributed by atoms with Crippen LogP contribution in [0.25, 0.3) is 0 Å². The Morgan fingerprint density at radius 3 is 2.84 bits per heavy atom. The van der Waals surface area contributed by atoms with Gasteiger partial charge in [-0.25, -0.2) is 4.98 Å². The topological polar surface area (TPSA) is 42.0 Å². The molecule has 0 aliphatic rings. The predicted octanol–water partition coefficient (Wildman–Crippen LogP) is 4.33. The first kappa shape index (κ1) is 14.3. The Hall–Kier alpha value is -1.10. The lowest BCUT2D eigenvalue weighted by Gasteiger charge is -2.04. The van der Waals surface area contributed by atoms with Gasteiger partial charge < -0.3 is 5.32 Å². The molecule has 0 atom stereocenters. The summed E-state index contributed by atoms with van der Waals surface area (Å²) in [4.78, 5) is 16.9. The molecule has 2 aromatic rings. The van der Waals surface area contributed by atoms with Gasteiger partial charge in [0.2, 0.25) is 5.91 Å². The number of carbonyl (C=O) groups is 1. The van der Waals surface area contributed by atoms with E-state index < -0.39 is 0 Å². The van der Waals surface area contributed by atoms with Crippen LogP contribution in [0.1, 0.15) is 16.9 Å².